The van der Waals surface area contributed by atoms with Crippen molar-refractivity contribution in [2.75, 3.05) is 44.8 Å². The largest absolute Gasteiger partial charge is 0.493 e. The van der Waals surface area contributed by atoms with Gasteiger partial charge in [0.1, 0.15) is 0 Å². The molecule has 0 amide bonds. The Morgan fingerprint density at radius 3 is 2.26 bits per heavy atom. The summed E-state index contributed by atoms with van der Waals surface area (Å²) < 4.78 is 35.7. The number of hydrogen-bond acceptors (Lipinski definition) is 6. The summed E-state index contributed by atoms with van der Waals surface area (Å²) in [5, 5.41) is 0. The van der Waals surface area contributed by atoms with Crippen LogP contribution in [0.5, 0.6) is 11.5 Å². The van der Waals surface area contributed by atoms with E-state index in [4.69, 9.17) is 9.47 Å². The molecule has 1 aliphatic heterocycles. The molecule has 7 nitrogen and oxygen atoms in total. The maximum Gasteiger partial charge on any atom is 0.229 e. The molecule has 2 aromatic carbocycles. The van der Waals surface area contributed by atoms with Gasteiger partial charge in [-0.15, -0.1) is 0 Å². The lowest BCUT2D eigenvalue weighted by molar-refractivity contribution is 0.0841. The predicted octanol–water partition coefficient (Wildman–Crippen LogP) is 3.21. The number of ketones is 1. The fourth-order valence-electron chi connectivity index (χ4n) is 3.89. The van der Waals surface area contributed by atoms with Crippen LogP contribution < -0.4 is 14.2 Å². The van der Waals surface area contributed by atoms with E-state index >= 15 is 0 Å². The van der Waals surface area contributed by atoms with Gasteiger partial charge in [-0.3, -0.25) is 9.52 Å². The Balaban J connectivity index is 1.49. The molecule has 1 saturated heterocycles. The Morgan fingerprint density at radius 1 is 1.03 bits per heavy atom. The highest BCUT2D eigenvalue weighted by molar-refractivity contribution is 7.92. The topological polar surface area (TPSA) is 84.9 Å². The number of Topliss-reactive ketones (excluding diaryl/α,β-unsaturated/α-hetero) is 1. The molecule has 1 N–H and O–H groups in total. The van der Waals surface area contributed by atoms with Crippen LogP contribution in [0.1, 0.15) is 28.8 Å². The first-order chi connectivity index (χ1) is 14.8. The zero-order valence-electron chi connectivity index (χ0n) is 18.3. The first kappa shape index (κ1) is 23.1. The lowest BCUT2D eigenvalue weighted by Crippen LogP contribution is -2.37. The number of carbonyl (C=O) groups is 1. The minimum Gasteiger partial charge on any atom is -0.493 e. The molecular formula is C23H30N2O5S. The van der Waals surface area contributed by atoms with Crippen LogP contribution in [0.2, 0.25) is 0 Å². The van der Waals surface area contributed by atoms with E-state index < -0.39 is 10.0 Å². The smallest absolute Gasteiger partial charge is 0.229 e. The molecule has 168 valence electrons. The Morgan fingerprint density at radius 2 is 1.68 bits per heavy atom. The fourth-order valence-corrected chi connectivity index (χ4v) is 4.46. The molecule has 0 aliphatic carbocycles. The molecule has 0 unspecified atom stereocenters. The number of likely N-dealkylation sites (tertiary alicyclic amines) is 1. The third-order valence-corrected chi connectivity index (χ3v) is 6.20. The number of nitrogens with zero attached hydrogens (tertiary/aromatic N) is 1. The Bertz CT molecular complexity index is 997. The zero-order chi connectivity index (χ0) is 22.4. The van der Waals surface area contributed by atoms with Crippen LogP contribution in [0.3, 0.4) is 0 Å². The maximum absolute atomic E-state index is 12.8. The number of anilines is 1. The van der Waals surface area contributed by atoms with Gasteiger partial charge >= 0.3 is 0 Å². The minimum atomic E-state index is -3.32. The van der Waals surface area contributed by atoms with E-state index in [2.05, 4.69) is 15.7 Å². The third kappa shape index (κ3) is 6.45. The third-order valence-electron chi connectivity index (χ3n) is 5.60. The van der Waals surface area contributed by atoms with Crippen molar-refractivity contribution in [1.29, 1.82) is 0 Å². The summed E-state index contributed by atoms with van der Waals surface area (Å²) in [6.45, 7) is 2.71. The Hall–Kier alpha value is -2.58. The molecule has 0 aromatic heterocycles. The quantitative estimate of drug-likeness (QED) is 0.596. The predicted molar refractivity (Wildman–Crippen MR) is 122 cm³/mol. The summed E-state index contributed by atoms with van der Waals surface area (Å²) in [6, 6.07) is 12.6. The van der Waals surface area contributed by atoms with Crippen molar-refractivity contribution >= 4 is 21.5 Å². The lowest BCUT2D eigenvalue weighted by atomic mass is 9.88. The number of ether oxygens (including phenoxy) is 2. The molecule has 31 heavy (non-hydrogen) atoms. The average molecular weight is 447 g/mol. The van der Waals surface area contributed by atoms with Crippen molar-refractivity contribution in [2.45, 2.75) is 19.3 Å². The molecule has 1 fully saturated rings. The van der Waals surface area contributed by atoms with Crippen LogP contribution in [0, 0.1) is 5.92 Å². The van der Waals surface area contributed by atoms with E-state index in [1.165, 1.54) is 5.56 Å². The lowest BCUT2D eigenvalue weighted by Gasteiger charge is -2.31. The van der Waals surface area contributed by atoms with Crippen molar-refractivity contribution in [3.63, 3.8) is 0 Å². The number of hydrogen-bond donors (Lipinski definition) is 1. The molecule has 0 saturated carbocycles. The maximum atomic E-state index is 12.8. The average Bonchev–Trinajstić information content (AvgIpc) is 2.76. The highest BCUT2D eigenvalue weighted by Gasteiger charge is 2.25. The second kappa shape index (κ2) is 10.2. The summed E-state index contributed by atoms with van der Waals surface area (Å²) in [4.78, 5) is 15.2. The van der Waals surface area contributed by atoms with Crippen LogP contribution in [0.4, 0.5) is 5.69 Å². The van der Waals surface area contributed by atoms with Gasteiger partial charge in [0, 0.05) is 23.7 Å². The van der Waals surface area contributed by atoms with Gasteiger partial charge in [0.05, 0.1) is 20.5 Å². The van der Waals surface area contributed by atoms with Crippen molar-refractivity contribution in [3.8, 4) is 11.5 Å². The first-order valence-corrected chi connectivity index (χ1v) is 12.2. The van der Waals surface area contributed by atoms with Crippen molar-refractivity contribution < 1.29 is 22.7 Å². The number of nitrogens with one attached hydrogen (secondary N) is 1. The van der Waals surface area contributed by atoms with Gasteiger partial charge < -0.3 is 14.4 Å². The molecule has 2 aromatic rings. The van der Waals surface area contributed by atoms with Gasteiger partial charge in [-0.1, -0.05) is 6.07 Å². The highest BCUT2D eigenvalue weighted by atomic mass is 32.2. The molecule has 1 heterocycles. The van der Waals surface area contributed by atoms with E-state index in [-0.39, 0.29) is 11.7 Å². The van der Waals surface area contributed by atoms with E-state index in [0.29, 0.717) is 11.3 Å². The minimum absolute atomic E-state index is 0.00560. The second-order valence-corrected chi connectivity index (χ2v) is 9.62. The number of methoxy groups -OCH3 is 2. The highest BCUT2D eigenvalue weighted by Crippen LogP contribution is 2.28. The van der Waals surface area contributed by atoms with Crippen molar-refractivity contribution in [2.24, 2.45) is 5.92 Å². The fraction of sp³-hybridized carbons (Fsp3) is 0.435. The van der Waals surface area contributed by atoms with E-state index in [1.807, 2.05) is 12.1 Å². The second-order valence-electron chi connectivity index (χ2n) is 7.87. The number of benzene rings is 2. The van der Waals surface area contributed by atoms with Gasteiger partial charge in [0.15, 0.2) is 17.3 Å². The molecule has 0 radical (unpaired) electrons. The van der Waals surface area contributed by atoms with Crippen LogP contribution in [-0.4, -0.2) is 59.2 Å². The number of carbonyl (C=O) groups excluding carboxylic acids is 1. The normalized spacial score (nSPS) is 15.5. The van der Waals surface area contributed by atoms with Gasteiger partial charge in [0.25, 0.3) is 0 Å². The van der Waals surface area contributed by atoms with Crippen LogP contribution in [0.25, 0.3) is 0 Å². The summed E-state index contributed by atoms with van der Waals surface area (Å²) in [5.74, 6) is 1.60. The summed E-state index contributed by atoms with van der Waals surface area (Å²) in [6.07, 6.45) is 3.67. The number of rotatable bonds is 9. The molecular weight excluding hydrogens is 416 g/mol. The molecule has 0 spiro atoms. The van der Waals surface area contributed by atoms with Crippen molar-refractivity contribution in [1.82, 2.24) is 4.90 Å². The van der Waals surface area contributed by atoms with Crippen LogP contribution in [0.15, 0.2) is 42.5 Å². The monoisotopic (exact) mass is 446 g/mol. The summed E-state index contributed by atoms with van der Waals surface area (Å²) >= 11 is 0. The molecule has 8 heteroatoms. The molecule has 3 rings (SSSR count). The van der Waals surface area contributed by atoms with Gasteiger partial charge in [0.2, 0.25) is 10.0 Å². The van der Waals surface area contributed by atoms with E-state index in [0.717, 1.165) is 56.7 Å². The van der Waals surface area contributed by atoms with Crippen LogP contribution in [-0.2, 0) is 16.4 Å². The van der Waals surface area contributed by atoms with E-state index in [1.54, 1.807) is 38.5 Å². The molecule has 1 aliphatic rings. The van der Waals surface area contributed by atoms with Crippen molar-refractivity contribution in [3.05, 3.63) is 53.6 Å². The molecule has 0 atom stereocenters. The van der Waals surface area contributed by atoms with E-state index in [9.17, 15) is 13.2 Å². The van der Waals surface area contributed by atoms with Gasteiger partial charge in [-0.05, 0) is 74.3 Å². The summed E-state index contributed by atoms with van der Waals surface area (Å²) in [7, 11) is -0.0569. The standard InChI is InChI=1S/C23H30N2O5S/c1-29-21-9-4-17(16-22(21)30-2)10-13-25-14-11-19(12-15-25)23(26)18-5-7-20(8-6-18)24-31(3,27)28/h4-9,16,19,24H,10-15H2,1-3H3. The number of piperidine rings is 1. The Labute approximate surface area is 184 Å². The Kier molecular flexibility index (Phi) is 7.56. The van der Waals surface area contributed by atoms with Gasteiger partial charge in [-0.2, -0.15) is 0 Å². The summed E-state index contributed by atoms with van der Waals surface area (Å²) in [5.41, 5.74) is 2.28. The zero-order valence-corrected chi connectivity index (χ0v) is 19.1. The number of sulfonamides is 1. The SMILES string of the molecule is COc1ccc(CCN2CCC(C(=O)c3ccc(NS(C)(=O)=O)cc3)CC2)cc1OC. The van der Waals surface area contributed by atoms with Crippen LogP contribution >= 0.6 is 0 Å². The molecule has 0 bridgehead atoms. The first-order valence-electron chi connectivity index (χ1n) is 10.3. The van der Waals surface area contributed by atoms with Gasteiger partial charge in [-0.25, -0.2) is 8.42 Å².